The van der Waals surface area contributed by atoms with Crippen LogP contribution in [-0.4, -0.2) is 22.0 Å². The molecule has 0 fully saturated rings. The minimum absolute atomic E-state index is 0.176. The lowest BCUT2D eigenvalue weighted by Gasteiger charge is -2.06. The van der Waals surface area contributed by atoms with Gasteiger partial charge in [-0.25, -0.2) is 4.79 Å². The summed E-state index contributed by atoms with van der Waals surface area (Å²) in [7, 11) is 0. The zero-order valence-electron chi connectivity index (χ0n) is 13.0. The van der Waals surface area contributed by atoms with Gasteiger partial charge in [-0.1, -0.05) is 35.9 Å². The van der Waals surface area contributed by atoms with Crippen LogP contribution in [0.15, 0.2) is 60.4 Å². The number of para-hydroxylation sites is 1. The number of carboxylic acid groups (broad SMARTS) is 1. The number of nitrogens with one attached hydrogen (secondary N) is 2. The van der Waals surface area contributed by atoms with Crippen LogP contribution in [0.3, 0.4) is 0 Å². The Hall–Kier alpha value is -3.34. The third-order valence-electron chi connectivity index (χ3n) is 3.71. The standard InChI is InChI=1S/C19H16N2O3/c1-12-6-8-13(9-7-12)18(22)21-17(19(23)24)10-14-11-20-16-5-3-2-4-15(14)16/h2-11,20H,1H3,(H,21,22)(H,23,24)/b17-10+. The molecule has 5 heteroatoms. The van der Waals surface area contributed by atoms with Gasteiger partial charge in [-0.2, -0.15) is 0 Å². The Morgan fingerprint density at radius 2 is 1.79 bits per heavy atom. The Morgan fingerprint density at radius 1 is 1.08 bits per heavy atom. The number of aliphatic carboxylic acids is 1. The molecule has 0 aliphatic heterocycles. The van der Waals surface area contributed by atoms with Crippen LogP contribution >= 0.6 is 0 Å². The summed E-state index contributed by atoms with van der Waals surface area (Å²) in [5.41, 5.74) is 2.86. The first-order valence-electron chi connectivity index (χ1n) is 7.44. The first kappa shape index (κ1) is 15.6. The van der Waals surface area contributed by atoms with Crippen LogP contribution in [0.4, 0.5) is 0 Å². The summed E-state index contributed by atoms with van der Waals surface area (Å²) in [6.45, 7) is 1.92. The average Bonchev–Trinajstić information content (AvgIpc) is 2.98. The van der Waals surface area contributed by atoms with Crippen LogP contribution in [0.2, 0.25) is 0 Å². The van der Waals surface area contributed by atoms with Crippen LogP contribution in [-0.2, 0) is 4.79 Å². The predicted octanol–water partition coefficient (Wildman–Crippen LogP) is 3.33. The third kappa shape index (κ3) is 3.20. The van der Waals surface area contributed by atoms with E-state index in [2.05, 4.69) is 10.3 Å². The van der Waals surface area contributed by atoms with Gasteiger partial charge in [0.15, 0.2) is 0 Å². The SMILES string of the molecule is Cc1ccc(C(=O)N/C(=C/c2c[nH]c3ccccc23)C(=O)O)cc1. The van der Waals surface area contributed by atoms with Crippen molar-refractivity contribution >= 4 is 28.9 Å². The minimum Gasteiger partial charge on any atom is -0.477 e. The highest BCUT2D eigenvalue weighted by molar-refractivity contribution is 6.04. The Bertz CT molecular complexity index is 937. The third-order valence-corrected chi connectivity index (χ3v) is 3.71. The highest BCUT2D eigenvalue weighted by Gasteiger charge is 2.14. The maximum atomic E-state index is 12.2. The van der Waals surface area contributed by atoms with Crippen LogP contribution in [0.5, 0.6) is 0 Å². The lowest BCUT2D eigenvalue weighted by atomic mass is 10.1. The number of hydrogen-bond donors (Lipinski definition) is 3. The number of carboxylic acids is 1. The zero-order chi connectivity index (χ0) is 17.1. The monoisotopic (exact) mass is 320 g/mol. The topological polar surface area (TPSA) is 82.2 Å². The van der Waals surface area contributed by atoms with E-state index in [1.165, 1.54) is 6.08 Å². The molecule has 1 aromatic heterocycles. The molecular formula is C19H16N2O3. The van der Waals surface area contributed by atoms with E-state index in [-0.39, 0.29) is 5.70 Å². The van der Waals surface area contributed by atoms with Crippen molar-refractivity contribution in [1.29, 1.82) is 0 Å². The maximum Gasteiger partial charge on any atom is 0.352 e. The van der Waals surface area contributed by atoms with Gasteiger partial charge in [0.05, 0.1) is 0 Å². The molecule has 0 aliphatic rings. The van der Waals surface area contributed by atoms with Crippen molar-refractivity contribution in [3.8, 4) is 0 Å². The molecule has 1 amide bonds. The lowest BCUT2D eigenvalue weighted by molar-refractivity contribution is -0.132. The fourth-order valence-electron chi connectivity index (χ4n) is 2.42. The fourth-order valence-corrected chi connectivity index (χ4v) is 2.42. The van der Waals surface area contributed by atoms with Crippen molar-refractivity contribution in [2.75, 3.05) is 0 Å². The first-order chi connectivity index (χ1) is 11.5. The van der Waals surface area contributed by atoms with Gasteiger partial charge in [-0.15, -0.1) is 0 Å². The normalized spacial score (nSPS) is 11.5. The highest BCUT2D eigenvalue weighted by atomic mass is 16.4. The molecule has 0 atom stereocenters. The second kappa shape index (κ2) is 6.42. The second-order valence-electron chi connectivity index (χ2n) is 5.47. The summed E-state index contributed by atoms with van der Waals surface area (Å²) in [4.78, 5) is 26.8. The molecule has 0 bridgehead atoms. The number of carbonyl (C=O) groups is 2. The van der Waals surface area contributed by atoms with Crippen molar-refractivity contribution in [3.63, 3.8) is 0 Å². The number of amides is 1. The molecule has 3 rings (SSSR count). The Labute approximate surface area is 138 Å². The predicted molar refractivity (Wildman–Crippen MR) is 92.6 cm³/mol. The van der Waals surface area contributed by atoms with E-state index in [1.54, 1.807) is 30.5 Å². The van der Waals surface area contributed by atoms with Gasteiger partial charge in [-0.05, 0) is 31.2 Å². The number of carbonyl (C=O) groups excluding carboxylic acids is 1. The average molecular weight is 320 g/mol. The van der Waals surface area contributed by atoms with Crippen LogP contribution in [0.25, 0.3) is 17.0 Å². The number of aromatic nitrogens is 1. The van der Waals surface area contributed by atoms with Gasteiger partial charge in [-0.3, -0.25) is 4.79 Å². The molecule has 0 saturated carbocycles. The van der Waals surface area contributed by atoms with Crippen LogP contribution < -0.4 is 5.32 Å². The molecule has 3 N–H and O–H groups in total. The van der Waals surface area contributed by atoms with E-state index < -0.39 is 11.9 Å². The molecular weight excluding hydrogens is 304 g/mol. The van der Waals surface area contributed by atoms with E-state index in [0.717, 1.165) is 16.5 Å². The van der Waals surface area contributed by atoms with Crippen molar-refractivity contribution in [3.05, 3.63) is 77.1 Å². The second-order valence-corrected chi connectivity index (χ2v) is 5.47. The number of hydrogen-bond acceptors (Lipinski definition) is 2. The Morgan fingerprint density at radius 3 is 2.50 bits per heavy atom. The molecule has 3 aromatic rings. The maximum absolute atomic E-state index is 12.2. The molecule has 1 heterocycles. The summed E-state index contributed by atoms with van der Waals surface area (Å²) in [5.74, 6) is -1.65. The fraction of sp³-hybridized carbons (Fsp3) is 0.0526. The number of H-pyrrole nitrogens is 1. The number of fused-ring (bicyclic) bond motifs is 1. The molecule has 0 unspecified atom stereocenters. The molecule has 5 nitrogen and oxygen atoms in total. The Balaban J connectivity index is 1.91. The smallest absolute Gasteiger partial charge is 0.352 e. The molecule has 0 spiro atoms. The van der Waals surface area contributed by atoms with Crippen molar-refractivity contribution in [2.24, 2.45) is 0 Å². The quantitative estimate of drug-likeness (QED) is 0.645. The molecule has 120 valence electrons. The van der Waals surface area contributed by atoms with Gasteiger partial charge >= 0.3 is 5.97 Å². The van der Waals surface area contributed by atoms with Gasteiger partial charge in [0.2, 0.25) is 0 Å². The summed E-state index contributed by atoms with van der Waals surface area (Å²) < 4.78 is 0. The molecule has 0 radical (unpaired) electrons. The van der Waals surface area contributed by atoms with Crippen LogP contribution in [0, 0.1) is 6.92 Å². The van der Waals surface area contributed by atoms with E-state index in [9.17, 15) is 14.7 Å². The minimum atomic E-state index is -1.19. The van der Waals surface area contributed by atoms with Crippen molar-refractivity contribution in [2.45, 2.75) is 6.92 Å². The summed E-state index contributed by atoms with van der Waals surface area (Å²) >= 11 is 0. The highest BCUT2D eigenvalue weighted by Crippen LogP contribution is 2.20. The van der Waals surface area contributed by atoms with Crippen molar-refractivity contribution < 1.29 is 14.7 Å². The molecule has 0 saturated heterocycles. The van der Waals surface area contributed by atoms with Gasteiger partial charge in [0, 0.05) is 28.2 Å². The van der Waals surface area contributed by atoms with Gasteiger partial charge in [0.1, 0.15) is 5.70 Å². The molecule has 2 aromatic carbocycles. The lowest BCUT2D eigenvalue weighted by Crippen LogP contribution is -2.27. The number of aromatic amines is 1. The number of rotatable bonds is 4. The van der Waals surface area contributed by atoms with Crippen LogP contribution in [0.1, 0.15) is 21.5 Å². The van der Waals surface area contributed by atoms with E-state index in [1.807, 2.05) is 31.2 Å². The Kier molecular flexibility index (Phi) is 4.16. The van der Waals surface area contributed by atoms with E-state index in [0.29, 0.717) is 11.1 Å². The number of aryl methyl sites for hydroxylation is 1. The number of benzene rings is 2. The first-order valence-corrected chi connectivity index (χ1v) is 7.44. The summed E-state index contributed by atoms with van der Waals surface area (Å²) in [6.07, 6.45) is 3.17. The van der Waals surface area contributed by atoms with E-state index >= 15 is 0 Å². The molecule has 24 heavy (non-hydrogen) atoms. The molecule has 0 aliphatic carbocycles. The summed E-state index contributed by atoms with van der Waals surface area (Å²) in [6, 6.07) is 14.5. The summed E-state index contributed by atoms with van der Waals surface area (Å²) in [5, 5.41) is 12.7. The largest absolute Gasteiger partial charge is 0.477 e. The van der Waals surface area contributed by atoms with E-state index in [4.69, 9.17) is 0 Å². The van der Waals surface area contributed by atoms with Gasteiger partial charge < -0.3 is 15.4 Å². The zero-order valence-corrected chi connectivity index (χ0v) is 13.0. The van der Waals surface area contributed by atoms with Gasteiger partial charge in [0.25, 0.3) is 5.91 Å². The van der Waals surface area contributed by atoms with Crippen molar-refractivity contribution in [1.82, 2.24) is 10.3 Å².